The molecule has 0 aliphatic heterocycles. The maximum Gasteiger partial charge on any atom is 0.407 e. The minimum absolute atomic E-state index is 0.0436. The van der Waals surface area contributed by atoms with Crippen LogP contribution in [-0.4, -0.2) is 52.8 Å². The Balaban J connectivity index is 1.37. The van der Waals surface area contributed by atoms with Crippen molar-refractivity contribution in [3.05, 3.63) is 59.7 Å². The van der Waals surface area contributed by atoms with Crippen molar-refractivity contribution in [3.63, 3.8) is 0 Å². The second kappa shape index (κ2) is 9.87. The van der Waals surface area contributed by atoms with E-state index in [9.17, 15) is 19.5 Å². The molecule has 2 aromatic carbocycles. The highest BCUT2D eigenvalue weighted by Crippen LogP contribution is 2.47. The predicted octanol–water partition coefficient (Wildman–Crippen LogP) is 3.77. The van der Waals surface area contributed by atoms with Crippen molar-refractivity contribution in [2.45, 2.75) is 42.9 Å². The first-order valence-corrected chi connectivity index (χ1v) is 12.2. The van der Waals surface area contributed by atoms with Gasteiger partial charge in [0.1, 0.15) is 12.6 Å². The molecule has 174 valence electrons. The Labute approximate surface area is 197 Å². The van der Waals surface area contributed by atoms with Crippen LogP contribution in [0, 0.1) is 0 Å². The van der Waals surface area contributed by atoms with E-state index in [1.54, 1.807) is 11.8 Å². The lowest BCUT2D eigenvalue weighted by Gasteiger charge is -2.20. The Hall–Kier alpha value is -3.00. The van der Waals surface area contributed by atoms with Crippen LogP contribution in [0.15, 0.2) is 48.5 Å². The van der Waals surface area contributed by atoms with Crippen molar-refractivity contribution in [2.24, 2.45) is 0 Å². The van der Waals surface area contributed by atoms with Crippen LogP contribution in [0.3, 0.4) is 0 Å². The Morgan fingerprint density at radius 1 is 1.09 bits per heavy atom. The largest absolute Gasteiger partial charge is 0.481 e. The quantitative estimate of drug-likeness (QED) is 0.490. The lowest BCUT2D eigenvalue weighted by atomic mass is 9.98. The molecule has 2 aliphatic rings. The molecule has 0 saturated heterocycles. The van der Waals surface area contributed by atoms with Crippen molar-refractivity contribution in [1.29, 1.82) is 0 Å². The summed E-state index contributed by atoms with van der Waals surface area (Å²) in [5.41, 5.74) is 4.39. The second-order valence-corrected chi connectivity index (χ2v) is 10.2. The molecule has 0 bridgehead atoms. The Morgan fingerprint density at radius 3 is 2.24 bits per heavy atom. The number of alkyl carbamates (subject to hydrolysis) is 1. The highest BCUT2D eigenvalue weighted by molar-refractivity contribution is 8.00. The lowest BCUT2D eigenvalue weighted by Crippen LogP contribution is -2.49. The molecule has 33 heavy (non-hydrogen) atoms. The number of nitrogens with one attached hydrogen (secondary N) is 2. The van der Waals surface area contributed by atoms with Gasteiger partial charge in [-0.3, -0.25) is 9.59 Å². The summed E-state index contributed by atoms with van der Waals surface area (Å²) in [5, 5.41) is 14.5. The third-order valence-electron chi connectivity index (χ3n) is 6.17. The van der Waals surface area contributed by atoms with Gasteiger partial charge in [-0.15, -0.1) is 0 Å². The van der Waals surface area contributed by atoms with Crippen LogP contribution in [0.1, 0.15) is 43.2 Å². The predicted molar refractivity (Wildman–Crippen MR) is 127 cm³/mol. The normalized spacial score (nSPS) is 16.3. The molecular weight excluding hydrogens is 440 g/mol. The van der Waals surface area contributed by atoms with Gasteiger partial charge < -0.3 is 20.5 Å². The molecule has 2 aromatic rings. The van der Waals surface area contributed by atoms with E-state index in [2.05, 4.69) is 17.6 Å². The Bertz CT molecular complexity index is 1010. The van der Waals surface area contributed by atoms with Gasteiger partial charge in [0, 0.05) is 17.2 Å². The van der Waals surface area contributed by atoms with Crippen LogP contribution >= 0.6 is 11.8 Å². The number of hydrogen-bond donors (Lipinski definition) is 3. The number of amides is 2. The fraction of sp³-hybridized carbons (Fsp3) is 0.400. The number of carboxylic acid groups (broad SMARTS) is 1. The van der Waals surface area contributed by atoms with Gasteiger partial charge in [-0.2, -0.15) is 11.8 Å². The molecule has 0 spiro atoms. The molecule has 2 amide bonds. The van der Waals surface area contributed by atoms with E-state index in [0.717, 1.165) is 40.8 Å². The van der Waals surface area contributed by atoms with E-state index in [0.29, 0.717) is 6.54 Å². The van der Waals surface area contributed by atoms with Crippen LogP contribution in [0.5, 0.6) is 0 Å². The number of carboxylic acids is 1. The summed E-state index contributed by atoms with van der Waals surface area (Å²) < 4.78 is 5.51. The van der Waals surface area contributed by atoms with Gasteiger partial charge in [-0.1, -0.05) is 55.5 Å². The van der Waals surface area contributed by atoms with E-state index in [1.165, 1.54) is 0 Å². The molecule has 0 radical (unpaired) electrons. The van der Waals surface area contributed by atoms with Crippen molar-refractivity contribution in [2.75, 3.05) is 18.9 Å². The summed E-state index contributed by atoms with van der Waals surface area (Å²) in [4.78, 5) is 36.4. The third-order valence-corrected chi connectivity index (χ3v) is 7.63. The van der Waals surface area contributed by atoms with Gasteiger partial charge in [0.15, 0.2) is 0 Å². The maximum atomic E-state index is 12.6. The first-order valence-electron chi connectivity index (χ1n) is 11.2. The highest BCUT2D eigenvalue weighted by Gasteiger charge is 2.43. The first kappa shape index (κ1) is 23.2. The van der Waals surface area contributed by atoms with Gasteiger partial charge in [0.05, 0.1) is 6.42 Å². The molecule has 0 aromatic heterocycles. The molecule has 2 aliphatic carbocycles. The number of carbonyl (C=O) groups is 3. The molecular formula is C25H28N2O5S. The number of thioether (sulfide) groups is 1. The SMILES string of the molecule is CCSC1(CNC(=O)C(CC(=O)O)NC(=O)OCC2c3ccccc3-c3ccccc32)CC1. The number of fused-ring (bicyclic) bond motifs is 3. The van der Waals surface area contributed by atoms with Crippen molar-refractivity contribution in [3.8, 4) is 11.1 Å². The fourth-order valence-electron chi connectivity index (χ4n) is 4.36. The number of hydrogen-bond acceptors (Lipinski definition) is 5. The molecule has 1 fully saturated rings. The molecule has 1 atom stereocenters. The van der Waals surface area contributed by atoms with E-state index in [1.807, 2.05) is 48.5 Å². The summed E-state index contributed by atoms with van der Waals surface area (Å²) in [5.74, 6) is -0.838. The average molecular weight is 469 g/mol. The van der Waals surface area contributed by atoms with Gasteiger partial charge in [0.25, 0.3) is 0 Å². The van der Waals surface area contributed by atoms with Crippen LogP contribution < -0.4 is 10.6 Å². The molecule has 1 saturated carbocycles. The topological polar surface area (TPSA) is 105 Å². The van der Waals surface area contributed by atoms with Crippen molar-refractivity contribution < 1.29 is 24.2 Å². The van der Waals surface area contributed by atoms with E-state index in [4.69, 9.17) is 4.74 Å². The zero-order valence-corrected chi connectivity index (χ0v) is 19.3. The number of aliphatic carboxylic acids is 1. The van der Waals surface area contributed by atoms with Crippen LogP contribution in [0.4, 0.5) is 4.79 Å². The molecule has 8 heteroatoms. The average Bonchev–Trinajstić information content (AvgIpc) is 3.50. The molecule has 1 unspecified atom stereocenters. The lowest BCUT2D eigenvalue weighted by molar-refractivity contribution is -0.139. The molecule has 0 heterocycles. The smallest absolute Gasteiger partial charge is 0.407 e. The Kier molecular flexibility index (Phi) is 6.93. The minimum Gasteiger partial charge on any atom is -0.481 e. The zero-order chi connectivity index (χ0) is 23.4. The first-order chi connectivity index (χ1) is 15.9. The van der Waals surface area contributed by atoms with Crippen molar-refractivity contribution in [1.82, 2.24) is 10.6 Å². The maximum absolute atomic E-state index is 12.6. The van der Waals surface area contributed by atoms with E-state index >= 15 is 0 Å². The zero-order valence-electron chi connectivity index (χ0n) is 18.5. The van der Waals surface area contributed by atoms with Crippen molar-refractivity contribution >= 4 is 29.7 Å². The van der Waals surface area contributed by atoms with Gasteiger partial charge >= 0.3 is 12.1 Å². The molecule has 3 N–H and O–H groups in total. The second-order valence-electron chi connectivity index (χ2n) is 8.45. The standard InChI is InChI=1S/C25H28N2O5S/c1-2-33-25(11-12-25)15-26-23(30)21(13-22(28)29)27-24(31)32-14-20-18-9-5-3-7-16(18)17-8-4-6-10-19(17)20/h3-10,20-21H,2,11-15H2,1H3,(H,26,30)(H,27,31)(H,28,29). The van der Waals surface area contributed by atoms with Gasteiger partial charge in [-0.25, -0.2) is 4.79 Å². The summed E-state index contributed by atoms with van der Waals surface area (Å²) >= 11 is 1.79. The summed E-state index contributed by atoms with van der Waals surface area (Å²) in [6.07, 6.45) is 0.733. The third kappa shape index (κ3) is 5.33. The number of rotatable bonds is 10. The highest BCUT2D eigenvalue weighted by atomic mass is 32.2. The Morgan fingerprint density at radius 2 is 1.70 bits per heavy atom. The van der Waals surface area contributed by atoms with E-state index in [-0.39, 0.29) is 17.3 Å². The number of ether oxygens (including phenoxy) is 1. The summed E-state index contributed by atoms with van der Waals surface area (Å²) in [6, 6.07) is 14.8. The molecule has 7 nitrogen and oxygen atoms in total. The van der Waals surface area contributed by atoms with Crippen LogP contribution in [0.2, 0.25) is 0 Å². The van der Waals surface area contributed by atoms with Crippen LogP contribution in [-0.2, 0) is 14.3 Å². The summed E-state index contributed by atoms with van der Waals surface area (Å²) in [6.45, 7) is 2.63. The summed E-state index contributed by atoms with van der Waals surface area (Å²) in [7, 11) is 0. The molecule has 4 rings (SSSR count). The minimum atomic E-state index is -1.19. The van der Waals surface area contributed by atoms with Crippen LogP contribution in [0.25, 0.3) is 11.1 Å². The van der Waals surface area contributed by atoms with Gasteiger partial charge in [0.2, 0.25) is 5.91 Å². The van der Waals surface area contributed by atoms with E-state index < -0.39 is 30.4 Å². The van der Waals surface area contributed by atoms with Gasteiger partial charge in [-0.05, 0) is 40.8 Å². The monoisotopic (exact) mass is 468 g/mol. The number of benzene rings is 2. The number of carbonyl (C=O) groups excluding carboxylic acids is 2. The fourth-order valence-corrected chi connectivity index (χ4v) is 5.53.